The van der Waals surface area contributed by atoms with Crippen LogP contribution in [0.5, 0.6) is 0 Å². The fraction of sp³-hybridized carbons (Fsp3) is 0.600. The smallest absolute Gasteiger partial charge is 0.0706 e. The maximum atomic E-state index is 5.89. The molecule has 0 spiro atoms. The number of ether oxygens (including phenoxy) is 1. The average Bonchev–Trinajstić information content (AvgIpc) is 2.77. The van der Waals surface area contributed by atoms with Crippen molar-refractivity contribution in [3.63, 3.8) is 0 Å². The predicted molar refractivity (Wildman–Crippen MR) is 75.4 cm³/mol. The molecule has 0 aromatic heterocycles. The highest BCUT2D eigenvalue weighted by Gasteiger charge is 2.23. The molecule has 18 heavy (non-hydrogen) atoms. The minimum absolute atomic E-state index is 0.411. The molecule has 2 atom stereocenters. The van der Waals surface area contributed by atoms with Crippen LogP contribution in [0.4, 0.5) is 5.69 Å². The molecule has 100 valence electrons. The SMILES string of the molecule is CCN(Cc1ccc(N)cc1)CC1CCC(C)O1. The lowest BCUT2D eigenvalue weighted by molar-refractivity contribution is 0.0308. The Kier molecular flexibility index (Phi) is 4.61. The Labute approximate surface area is 110 Å². The molecule has 1 aromatic carbocycles. The van der Waals surface area contributed by atoms with Crippen LogP contribution in [0.3, 0.4) is 0 Å². The number of anilines is 1. The summed E-state index contributed by atoms with van der Waals surface area (Å²) in [6, 6.07) is 8.15. The molecule has 2 unspecified atom stereocenters. The van der Waals surface area contributed by atoms with Crippen LogP contribution in [0, 0.1) is 0 Å². The van der Waals surface area contributed by atoms with Gasteiger partial charge in [0.05, 0.1) is 12.2 Å². The predicted octanol–water partition coefficient (Wildman–Crippen LogP) is 2.66. The Morgan fingerprint density at radius 2 is 2.00 bits per heavy atom. The quantitative estimate of drug-likeness (QED) is 0.814. The first-order chi connectivity index (χ1) is 8.67. The molecule has 1 aromatic rings. The van der Waals surface area contributed by atoms with Gasteiger partial charge in [-0.25, -0.2) is 0 Å². The maximum absolute atomic E-state index is 5.89. The topological polar surface area (TPSA) is 38.5 Å². The molecule has 1 fully saturated rings. The zero-order valence-electron chi connectivity index (χ0n) is 11.4. The summed E-state index contributed by atoms with van der Waals surface area (Å²) in [6.07, 6.45) is 3.24. The van der Waals surface area contributed by atoms with E-state index in [1.165, 1.54) is 18.4 Å². The lowest BCUT2D eigenvalue weighted by Gasteiger charge is -2.24. The zero-order valence-corrected chi connectivity index (χ0v) is 11.4. The van der Waals surface area contributed by atoms with E-state index in [-0.39, 0.29) is 0 Å². The average molecular weight is 248 g/mol. The van der Waals surface area contributed by atoms with Gasteiger partial charge in [-0.3, -0.25) is 4.90 Å². The maximum Gasteiger partial charge on any atom is 0.0706 e. The second-order valence-corrected chi connectivity index (χ2v) is 5.22. The van der Waals surface area contributed by atoms with Crippen molar-refractivity contribution in [1.82, 2.24) is 4.90 Å². The van der Waals surface area contributed by atoms with Crippen LogP contribution in [0.15, 0.2) is 24.3 Å². The van der Waals surface area contributed by atoms with Gasteiger partial charge in [0, 0.05) is 18.8 Å². The molecule has 1 aliphatic rings. The first-order valence-corrected chi connectivity index (χ1v) is 6.89. The molecule has 0 bridgehead atoms. The van der Waals surface area contributed by atoms with Crippen molar-refractivity contribution in [3.8, 4) is 0 Å². The summed E-state index contributed by atoms with van der Waals surface area (Å²) < 4.78 is 5.89. The lowest BCUT2D eigenvalue weighted by Crippen LogP contribution is -2.32. The first-order valence-electron chi connectivity index (χ1n) is 6.89. The highest BCUT2D eigenvalue weighted by molar-refractivity contribution is 5.39. The van der Waals surface area contributed by atoms with Gasteiger partial charge in [-0.05, 0) is 44.0 Å². The van der Waals surface area contributed by atoms with Crippen LogP contribution >= 0.6 is 0 Å². The zero-order chi connectivity index (χ0) is 13.0. The minimum Gasteiger partial charge on any atom is -0.399 e. The van der Waals surface area contributed by atoms with Crippen LogP contribution in [0.25, 0.3) is 0 Å². The fourth-order valence-corrected chi connectivity index (χ4v) is 2.49. The number of nitrogens with zero attached hydrogens (tertiary/aromatic N) is 1. The minimum atomic E-state index is 0.411. The van der Waals surface area contributed by atoms with Crippen molar-refractivity contribution in [3.05, 3.63) is 29.8 Å². The number of nitrogen functional groups attached to an aromatic ring is 1. The summed E-state index contributed by atoms with van der Waals surface area (Å²) in [5.41, 5.74) is 7.85. The highest BCUT2D eigenvalue weighted by Crippen LogP contribution is 2.20. The molecule has 0 aliphatic carbocycles. The van der Waals surface area contributed by atoms with Gasteiger partial charge in [0.25, 0.3) is 0 Å². The second-order valence-electron chi connectivity index (χ2n) is 5.22. The standard InChI is InChI=1S/C15H24N2O/c1-3-17(11-15-9-4-12(2)18-15)10-13-5-7-14(16)8-6-13/h5-8,12,15H,3-4,9-11,16H2,1-2H3. The van der Waals surface area contributed by atoms with E-state index in [1.54, 1.807) is 0 Å². The summed E-state index contributed by atoms with van der Waals surface area (Å²) in [4.78, 5) is 2.44. The van der Waals surface area contributed by atoms with Crippen molar-refractivity contribution in [1.29, 1.82) is 0 Å². The third-order valence-corrected chi connectivity index (χ3v) is 3.61. The van der Waals surface area contributed by atoms with Gasteiger partial charge in [-0.2, -0.15) is 0 Å². The largest absolute Gasteiger partial charge is 0.399 e. The summed E-state index contributed by atoms with van der Waals surface area (Å²) in [5.74, 6) is 0. The molecule has 0 saturated carbocycles. The Bertz CT molecular complexity index is 363. The normalized spacial score (nSPS) is 23.7. The molecule has 3 heteroatoms. The third-order valence-electron chi connectivity index (χ3n) is 3.61. The number of benzene rings is 1. The van der Waals surface area contributed by atoms with E-state index in [9.17, 15) is 0 Å². The van der Waals surface area contributed by atoms with Crippen molar-refractivity contribution in [2.45, 2.75) is 45.4 Å². The van der Waals surface area contributed by atoms with E-state index >= 15 is 0 Å². The van der Waals surface area contributed by atoms with Gasteiger partial charge in [0.1, 0.15) is 0 Å². The van der Waals surface area contributed by atoms with Crippen LogP contribution in [-0.2, 0) is 11.3 Å². The first kappa shape index (κ1) is 13.4. The van der Waals surface area contributed by atoms with E-state index in [1.807, 2.05) is 12.1 Å². The highest BCUT2D eigenvalue weighted by atomic mass is 16.5. The number of hydrogen-bond acceptors (Lipinski definition) is 3. The number of rotatable bonds is 5. The van der Waals surface area contributed by atoms with Crippen molar-refractivity contribution in [2.24, 2.45) is 0 Å². The van der Waals surface area contributed by atoms with E-state index in [4.69, 9.17) is 10.5 Å². The number of likely N-dealkylation sites (N-methyl/N-ethyl adjacent to an activating group) is 1. The summed E-state index contributed by atoms with van der Waals surface area (Å²) in [6.45, 7) is 7.43. The van der Waals surface area contributed by atoms with Crippen molar-refractivity contribution >= 4 is 5.69 Å². The van der Waals surface area contributed by atoms with Gasteiger partial charge in [-0.1, -0.05) is 19.1 Å². The molecule has 1 aliphatic heterocycles. The van der Waals surface area contributed by atoms with E-state index < -0.39 is 0 Å². The molecule has 2 rings (SSSR count). The fourth-order valence-electron chi connectivity index (χ4n) is 2.49. The van der Waals surface area contributed by atoms with Gasteiger partial charge >= 0.3 is 0 Å². The van der Waals surface area contributed by atoms with Crippen LogP contribution in [0.1, 0.15) is 32.3 Å². The van der Waals surface area contributed by atoms with Crippen molar-refractivity contribution in [2.75, 3.05) is 18.8 Å². The Morgan fingerprint density at radius 1 is 1.28 bits per heavy atom. The monoisotopic (exact) mass is 248 g/mol. The van der Waals surface area contributed by atoms with Gasteiger partial charge in [0.15, 0.2) is 0 Å². The molecule has 0 amide bonds. The number of nitrogens with two attached hydrogens (primary N) is 1. The molecular weight excluding hydrogens is 224 g/mol. The summed E-state index contributed by atoms with van der Waals surface area (Å²) >= 11 is 0. The van der Waals surface area contributed by atoms with Gasteiger partial charge in [-0.15, -0.1) is 0 Å². The number of hydrogen-bond donors (Lipinski definition) is 1. The molecule has 1 heterocycles. The summed E-state index contributed by atoms with van der Waals surface area (Å²) in [5, 5.41) is 0. The Balaban J connectivity index is 1.87. The van der Waals surface area contributed by atoms with Gasteiger partial charge in [0.2, 0.25) is 0 Å². The molecule has 1 saturated heterocycles. The van der Waals surface area contributed by atoms with E-state index in [2.05, 4.69) is 30.9 Å². The molecule has 3 nitrogen and oxygen atoms in total. The molecular formula is C15H24N2O. The van der Waals surface area contributed by atoms with E-state index in [0.29, 0.717) is 12.2 Å². The van der Waals surface area contributed by atoms with Crippen molar-refractivity contribution < 1.29 is 4.74 Å². The Hall–Kier alpha value is -1.06. The molecule has 0 radical (unpaired) electrons. The van der Waals surface area contributed by atoms with Crippen LogP contribution < -0.4 is 5.73 Å². The van der Waals surface area contributed by atoms with E-state index in [0.717, 1.165) is 25.3 Å². The Morgan fingerprint density at radius 3 is 2.56 bits per heavy atom. The summed E-state index contributed by atoms with van der Waals surface area (Å²) in [7, 11) is 0. The molecule has 2 N–H and O–H groups in total. The second kappa shape index (κ2) is 6.21. The van der Waals surface area contributed by atoms with Crippen LogP contribution in [-0.4, -0.2) is 30.2 Å². The lowest BCUT2D eigenvalue weighted by atomic mass is 10.1. The van der Waals surface area contributed by atoms with Crippen LogP contribution in [0.2, 0.25) is 0 Å². The third kappa shape index (κ3) is 3.72. The van der Waals surface area contributed by atoms with Gasteiger partial charge < -0.3 is 10.5 Å².